The van der Waals surface area contributed by atoms with Crippen LogP contribution < -0.4 is 0 Å². The van der Waals surface area contributed by atoms with Crippen molar-refractivity contribution in [3.8, 4) is 0 Å². The van der Waals surface area contributed by atoms with Crippen molar-refractivity contribution in [2.45, 2.75) is 111 Å². The zero-order valence-electron chi connectivity index (χ0n) is 20.3. The summed E-state index contributed by atoms with van der Waals surface area (Å²) < 4.78 is 67.9. The van der Waals surface area contributed by atoms with Gasteiger partial charge in [-0.25, -0.2) is 22.0 Å². The van der Waals surface area contributed by atoms with Crippen molar-refractivity contribution in [1.82, 2.24) is 0 Å². The van der Waals surface area contributed by atoms with Gasteiger partial charge in [0.15, 0.2) is 23.3 Å². The summed E-state index contributed by atoms with van der Waals surface area (Å²) >= 11 is 0. The molecule has 0 aliphatic rings. The highest BCUT2D eigenvalue weighted by Crippen LogP contribution is 2.40. The van der Waals surface area contributed by atoms with Crippen LogP contribution in [0.2, 0.25) is 0 Å². The topological polar surface area (TPSA) is 20.2 Å². The summed E-state index contributed by atoms with van der Waals surface area (Å²) in [5, 5.41) is 11.5. The van der Waals surface area contributed by atoms with Crippen LogP contribution in [-0.2, 0) is 6.42 Å². The van der Waals surface area contributed by atoms with Gasteiger partial charge in [0.05, 0.1) is 5.60 Å². The molecule has 1 N–H and O–H groups in total. The molecule has 0 aromatic heterocycles. The summed E-state index contributed by atoms with van der Waals surface area (Å²) in [4.78, 5) is 0. The lowest BCUT2D eigenvalue weighted by molar-refractivity contribution is -0.102. The van der Waals surface area contributed by atoms with Crippen molar-refractivity contribution < 1.29 is 27.1 Å². The van der Waals surface area contributed by atoms with Crippen LogP contribution in [0.5, 0.6) is 0 Å². The molecule has 1 unspecified atom stereocenters. The lowest BCUT2D eigenvalue weighted by Gasteiger charge is -2.43. The maximum absolute atomic E-state index is 13.9. The average molecular weight is 465 g/mol. The molecule has 0 heterocycles. The Bertz CT molecular complexity index is 665. The maximum Gasteiger partial charge on any atom is 0.200 e. The predicted octanol–water partition coefficient (Wildman–Crippen LogP) is 8.50. The van der Waals surface area contributed by atoms with Crippen LogP contribution in [0.15, 0.2) is 0 Å². The maximum atomic E-state index is 13.9. The van der Waals surface area contributed by atoms with Crippen molar-refractivity contribution >= 4 is 0 Å². The molecule has 32 heavy (non-hydrogen) atoms. The second-order valence-electron chi connectivity index (χ2n) is 9.74. The third-order valence-electron chi connectivity index (χ3n) is 6.94. The minimum absolute atomic E-state index is 0.0186. The van der Waals surface area contributed by atoms with Crippen LogP contribution in [-0.4, -0.2) is 10.7 Å². The molecule has 1 aromatic carbocycles. The lowest BCUT2D eigenvalue weighted by atomic mass is 9.68. The quantitative estimate of drug-likeness (QED) is 0.119. The molecule has 1 atom stereocenters. The summed E-state index contributed by atoms with van der Waals surface area (Å²) in [5.74, 6) is -9.29. The van der Waals surface area contributed by atoms with E-state index in [4.69, 9.17) is 0 Å². The van der Waals surface area contributed by atoms with Crippen LogP contribution in [0.1, 0.15) is 104 Å². The van der Waals surface area contributed by atoms with Crippen molar-refractivity contribution in [3.05, 3.63) is 34.6 Å². The second kappa shape index (κ2) is 13.5. The van der Waals surface area contributed by atoms with Crippen molar-refractivity contribution in [2.75, 3.05) is 0 Å². The molecule has 0 bridgehead atoms. The first-order valence-electron chi connectivity index (χ1n) is 12.2. The standard InChI is InChI=1S/C26H41F5O/c1-6-7-8-9-10-11-14-19(26(32,17(2)3)18(4)5)15-12-13-16-20-21(27)23(29)25(31)24(30)22(20)28/h17-19,32H,6-16H2,1-5H3. The van der Waals surface area contributed by atoms with E-state index in [0.717, 1.165) is 19.3 Å². The van der Waals surface area contributed by atoms with E-state index in [1.165, 1.54) is 25.7 Å². The van der Waals surface area contributed by atoms with Gasteiger partial charge in [-0.05, 0) is 43.4 Å². The number of aliphatic hydroxyl groups is 1. The summed E-state index contributed by atoms with van der Waals surface area (Å²) in [6, 6.07) is 0. The molecule has 0 radical (unpaired) electrons. The number of rotatable bonds is 15. The highest BCUT2D eigenvalue weighted by molar-refractivity contribution is 5.24. The molecule has 0 saturated carbocycles. The fraction of sp³-hybridized carbons (Fsp3) is 0.769. The Balaban J connectivity index is 2.80. The summed E-state index contributed by atoms with van der Waals surface area (Å²) in [5.41, 5.74) is -1.62. The Morgan fingerprint density at radius 2 is 1.03 bits per heavy atom. The van der Waals surface area contributed by atoms with Crippen LogP contribution in [0.25, 0.3) is 0 Å². The zero-order valence-corrected chi connectivity index (χ0v) is 20.3. The number of benzene rings is 1. The van der Waals surface area contributed by atoms with Gasteiger partial charge in [0.2, 0.25) is 5.82 Å². The van der Waals surface area contributed by atoms with Gasteiger partial charge in [-0.15, -0.1) is 0 Å². The zero-order chi connectivity index (χ0) is 24.5. The molecule has 1 nitrogen and oxygen atoms in total. The van der Waals surface area contributed by atoms with Gasteiger partial charge in [-0.3, -0.25) is 0 Å². The molecule has 186 valence electrons. The van der Waals surface area contributed by atoms with Crippen molar-refractivity contribution in [1.29, 1.82) is 0 Å². The van der Waals surface area contributed by atoms with E-state index >= 15 is 0 Å². The fourth-order valence-corrected chi connectivity index (χ4v) is 4.95. The first-order chi connectivity index (χ1) is 15.0. The smallest absolute Gasteiger partial charge is 0.200 e. The Morgan fingerprint density at radius 3 is 1.50 bits per heavy atom. The van der Waals surface area contributed by atoms with Gasteiger partial charge in [0.25, 0.3) is 0 Å². The molecule has 1 aromatic rings. The van der Waals surface area contributed by atoms with E-state index in [0.29, 0.717) is 12.8 Å². The molecule has 1 rings (SSSR count). The van der Waals surface area contributed by atoms with E-state index in [1.807, 2.05) is 27.7 Å². The number of hydrogen-bond acceptors (Lipinski definition) is 1. The molecule has 6 heteroatoms. The van der Waals surface area contributed by atoms with E-state index in [9.17, 15) is 27.1 Å². The average Bonchev–Trinajstić information content (AvgIpc) is 2.75. The summed E-state index contributed by atoms with van der Waals surface area (Å²) in [6.45, 7) is 10.2. The van der Waals surface area contributed by atoms with E-state index in [1.54, 1.807) is 0 Å². The third-order valence-corrected chi connectivity index (χ3v) is 6.94. The molecular weight excluding hydrogens is 423 g/mol. The van der Waals surface area contributed by atoms with Crippen LogP contribution in [0.3, 0.4) is 0 Å². The minimum atomic E-state index is -2.12. The third kappa shape index (κ3) is 7.16. The molecule has 0 amide bonds. The van der Waals surface area contributed by atoms with Crippen molar-refractivity contribution in [2.24, 2.45) is 17.8 Å². The SMILES string of the molecule is CCCCCCCCC(CCCCc1c(F)c(F)c(F)c(F)c1F)C(O)(C(C)C)C(C)C. The minimum Gasteiger partial charge on any atom is -0.389 e. The Kier molecular flexibility index (Phi) is 12.2. The van der Waals surface area contributed by atoms with Crippen LogP contribution in [0.4, 0.5) is 22.0 Å². The first-order valence-corrected chi connectivity index (χ1v) is 12.2. The molecule has 0 spiro atoms. The largest absolute Gasteiger partial charge is 0.389 e. The highest BCUT2D eigenvalue weighted by Gasteiger charge is 2.41. The van der Waals surface area contributed by atoms with Crippen LogP contribution in [0, 0.1) is 46.8 Å². The number of halogens is 5. The molecule has 0 saturated heterocycles. The predicted molar refractivity (Wildman–Crippen MR) is 120 cm³/mol. The van der Waals surface area contributed by atoms with Gasteiger partial charge >= 0.3 is 0 Å². The van der Waals surface area contributed by atoms with Gasteiger partial charge in [-0.1, -0.05) is 79.6 Å². The Labute approximate surface area is 190 Å². The first kappa shape index (κ1) is 28.9. The monoisotopic (exact) mass is 464 g/mol. The fourth-order valence-electron chi connectivity index (χ4n) is 4.95. The molecule has 0 aliphatic carbocycles. The highest BCUT2D eigenvalue weighted by atomic mass is 19.2. The van der Waals surface area contributed by atoms with E-state index in [2.05, 4.69) is 6.92 Å². The number of hydrogen-bond donors (Lipinski definition) is 1. The van der Waals surface area contributed by atoms with Gasteiger partial charge < -0.3 is 5.11 Å². The Morgan fingerprint density at radius 1 is 0.625 bits per heavy atom. The van der Waals surface area contributed by atoms with Crippen LogP contribution >= 0.6 is 0 Å². The summed E-state index contributed by atoms with van der Waals surface area (Å²) in [6.07, 6.45) is 9.02. The van der Waals surface area contributed by atoms with E-state index < -0.39 is 40.3 Å². The molecular formula is C26H41F5O. The summed E-state index contributed by atoms with van der Waals surface area (Å²) in [7, 11) is 0. The van der Waals surface area contributed by atoms with Gasteiger partial charge in [0.1, 0.15) is 0 Å². The normalized spacial score (nSPS) is 13.4. The molecule has 0 fully saturated rings. The van der Waals surface area contributed by atoms with Gasteiger partial charge in [0, 0.05) is 5.56 Å². The molecule has 0 aliphatic heterocycles. The van der Waals surface area contributed by atoms with Crippen molar-refractivity contribution in [3.63, 3.8) is 0 Å². The lowest BCUT2D eigenvalue weighted by Crippen LogP contribution is -2.47. The second-order valence-corrected chi connectivity index (χ2v) is 9.74. The Hall–Kier alpha value is -1.17. The van der Waals surface area contributed by atoms with E-state index in [-0.39, 0.29) is 30.6 Å². The van der Waals surface area contributed by atoms with Gasteiger partial charge in [-0.2, -0.15) is 0 Å². The number of unbranched alkanes of at least 4 members (excludes halogenated alkanes) is 6.